The number of fused-ring (bicyclic) bond motifs is 1. The van der Waals surface area contributed by atoms with Crippen LogP contribution >= 0.6 is 11.8 Å². The van der Waals surface area contributed by atoms with E-state index in [1.54, 1.807) is 18.8 Å². The average Bonchev–Trinajstić information content (AvgIpc) is 2.81. The fourth-order valence-electron chi connectivity index (χ4n) is 3.03. The molecule has 1 atom stereocenters. The van der Waals surface area contributed by atoms with Gasteiger partial charge < -0.3 is 10.1 Å². The van der Waals surface area contributed by atoms with E-state index in [4.69, 9.17) is 4.74 Å². The van der Waals surface area contributed by atoms with Crippen molar-refractivity contribution in [3.63, 3.8) is 0 Å². The Morgan fingerprint density at radius 2 is 2.22 bits per heavy atom. The van der Waals surface area contributed by atoms with Crippen LogP contribution in [0.4, 0.5) is 0 Å². The van der Waals surface area contributed by atoms with Crippen molar-refractivity contribution in [3.05, 3.63) is 40.6 Å². The van der Waals surface area contributed by atoms with Crippen molar-refractivity contribution >= 4 is 17.7 Å². The van der Waals surface area contributed by atoms with Crippen molar-refractivity contribution in [2.75, 3.05) is 12.9 Å². The topological polar surface area (TPSA) is 56.1 Å². The normalized spacial score (nSPS) is 16.8. The zero-order valence-electron chi connectivity index (χ0n) is 13.8. The molecule has 1 aliphatic rings. The number of thioether (sulfide) groups is 1. The van der Waals surface area contributed by atoms with Gasteiger partial charge in [0.1, 0.15) is 5.56 Å². The van der Waals surface area contributed by atoms with E-state index in [-0.39, 0.29) is 11.9 Å². The number of carbonyl (C=O) groups excluding carboxylic acids is 1. The lowest BCUT2D eigenvalue weighted by Crippen LogP contribution is -2.31. The van der Waals surface area contributed by atoms with Gasteiger partial charge in [-0.25, -0.2) is 4.68 Å². The Bertz CT molecular complexity index is 755. The molecule has 2 heterocycles. The predicted molar refractivity (Wildman–Crippen MR) is 91.2 cm³/mol. The molecular formula is C17H21N3O2S. The number of aromatic nitrogens is 2. The number of carbonyl (C=O) groups is 1. The molecule has 0 aliphatic carbocycles. The van der Waals surface area contributed by atoms with E-state index in [0.29, 0.717) is 17.1 Å². The maximum Gasteiger partial charge on any atom is 0.259 e. The minimum absolute atomic E-state index is 0.0305. The van der Waals surface area contributed by atoms with Crippen LogP contribution in [-0.4, -0.2) is 28.6 Å². The van der Waals surface area contributed by atoms with Crippen molar-refractivity contribution < 1.29 is 9.53 Å². The number of nitrogens with one attached hydrogen (secondary N) is 1. The highest BCUT2D eigenvalue weighted by molar-refractivity contribution is 7.99. The van der Waals surface area contributed by atoms with Crippen LogP contribution in [0.5, 0.6) is 5.88 Å². The first-order valence-electron chi connectivity index (χ1n) is 7.63. The van der Waals surface area contributed by atoms with Crippen LogP contribution < -0.4 is 10.1 Å². The lowest BCUT2D eigenvalue weighted by atomic mass is 10.0. The Labute approximate surface area is 140 Å². The molecule has 0 saturated carbocycles. The van der Waals surface area contributed by atoms with Crippen LogP contribution in [0.3, 0.4) is 0 Å². The van der Waals surface area contributed by atoms with Crippen molar-refractivity contribution in [1.82, 2.24) is 15.1 Å². The van der Waals surface area contributed by atoms with Gasteiger partial charge in [-0.15, -0.1) is 11.8 Å². The molecule has 1 aromatic heterocycles. The summed E-state index contributed by atoms with van der Waals surface area (Å²) < 4.78 is 6.93. The number of methoxy groups -OCH3 is 1. The largest absolute Gasteiger partial charge is 0.481 e. The summed E-state index contributed by atoms with van der Waals surface area (Å²) in [4.78, 5) is 14.0. The number of rotatable bonds is 3. The Morgan fingerprint density at radius 1 is 1.43 bits per heavy atom. The summed E-state index contributed by atoms with van der Waals surface area (Å²) >= 11 is 1.85. The molecule has 0 radical (unpaired) electrons. The predicted octanol–water partition coefficient (Wildman–Crippen LogP) is 3.01. The molecule has 5 nitrogen and oxygen atoms in total. The van der Waals surface area contributed by atoms with E-state index < -0.39 is 0 Å². The monoisotopic (exact) mass is 331 g/mol. The summed E-state index contributed by atoms with van der Waals surface area (Å²) in [5, 5.41) is 7.44. The first kappa shape index (κ1) is 15.9. The number of aryl methyl sites for hydroxylation is 3. The van der Waals surface area contributed by atoms with E-state index in [9.17, 15) is 4.79 Å². The Kier molecular flexibility index (Phi) is 4.35. The third-order valence-electron chi connectivity index (χ3n) is 4.10. The van der Waals surface area contributed by atoms with Crippen molar-refractivity contribution in [1.29, 1.82) is 0 Å². The van der Waals surface area contributed by atoms with Crippen LogP contribution in [0.25, 0.3) is 0 Å². The van der Waals surface area contributed by atoms with Crippen LogP contribution in [0, 0.1) is 13.8 Å². The van der Waals surface area contributed by atoms with Gasteiger partial charge in [-0.1, -0.05) is 17.7 Å². The molecule has 23 heavy (non-hydrogen) atoms. The fourth-order valence-corrected chi connectivity index (χ4v) is 4.13. The second-order valence-electron chi connectivity index (χ2n) is 5.80. The van der Waals surface area contributed by atoms with Crippen molar-refractivity contribution in [2.45, 2.75) is 31.2 Å². The molecule has 0 spiro atoms. The quantitative estimate of drug-likeness (QED) is 0.939. The van der Waals surface area contributed by atoms with E-state index in [1.165, 1.54) is 16.0 Å². The number of amides is 1. The standard InChI is InChI=1S/C17H21N3O2S/c1-10-5-6-14-12(9-10)13(7-8-23-14)18-16(21)15-11(2)19-20(3)17(15)22-4/h5-6,9,13H,7-8H2,1-4H3,(H,18,21)/t13-/m0/s1. The van der Waals surface area contributed by atoms with Crippen LogP contribution in [0.15, 0.2) is 23.1 Å². The zero-order chi connectivity index (χ0) is 16.6. The molecular weight excluding hydrogens is 310 g/mol. The maximum atomic E-state index is 12.8. The highest BCUT2D eigenvalue weighted by Gasteiger charge is 2.27. The van der Waals surface area contributed by atoms with Gasteiger partial charge in [0.05, 0.1) is 18.8 Å². The zero-order valence-corrected chi connectivity index (χ0v) is 14.7. The first-order chi connectivity index (χ1) is 11.0. The molecule has 6 heteroatoms. The number of benzene rings is 1. The third-order valence-corrected chi connectivity index (χ3v) is 5.22. The highest BCUT2D eigenvalue weighted by atomic mass is 32.2. The molecule has 122 valence electrons. The Balaban J connectivity index is 1.89. The molecule has 0 saturated heterocycles. The molecule has 1 amide bonds. The second kappa shape index (κ2) is 6.28. The van der Waals surface area contributed by atoms with Crippen molar-refractivity contribution in [2.24, 2.45) is 7.05 Å². The van der Waals surface area contributed by atoms with Gasteiger partial charge in [-0.2, -0.15) is 5.10 Å². The van der Waals surface area contributed by atoms with Gasteiger partial charge in [0.15, 0.2) is 0 Å². The third kappa shape index (κ3) is 2.95. The van der Waals surface area contributed by atoms with E-state index in [0.717, 1.165) is 12.2 Å². The van der Waals surface area contributed by atoms with Gasteiger partial charge in [-0.05, 0) is 31.9 Å². The van der Waals surface area contributed by atoms with Crippen molar-refractivity contribution in [3.8, 4) is 5.88 Å². The summed E-state index contributed by atoms with van der Waals surface area (Å²) in [6.45, 7) is 3.90. The first-order valence-corrected chi connectivity index (χ1v) is 8.61. The van der Waals surface area contributed by atoms with E-state index in [1.807, 2.05) is 18.7 Å². The molecule has 1 N–H and O–H groups in total. The highest BCUT2D eigenvalue weighted by Crippen LogP contribution is 2.37. The summed E-state index contributed by atoms with van der Waals surface area (Å²) in [7, 11) is 3.33. The summed E-state index contributed by atoms with van der Waals surface area (Å²) in [5.74, 6) is 1.37. The Hall–Kier alpha value is -1.95. The SMILES string of the molecule is COc1c(C(=O)N[C@H]2CCSc3ccc(C)cc32)c(C)nn1C. The average molecular weight is 331 g/mol. The molecule has 0 unspecified atom stereocenters. The number of hydrogen-bond donors (Lipinski definition) is 1. The molecule has 3 rings (SSSR count). The van der Waals surface area contributed by atoms with Gasteiger partial charge in [-0.3, -0.25) is 4.79 Å². The smallest absolute Gasteiger partial charge is 0.259 e. The van der Waals surface area contributed by atoms with Gasteiger partial charge in [0.2, 0.25) is 5.88 Å². The second-order valence-corrected chi connectivity index (χ2v) is 6.93. The Morgan fingerprint density at radius 3 is 2.96 bits per heavy atom. The van der Waals surface area contributed by atoms with Crippen LogP contribution in [0.2, 0.25) is 0 Å². The molecule has 1 aliphatic heterocycles. The maximum absolute atomic E-state index is 12.8. The number of nitrogens with zero attached hydrogens (tertiary/aromatic N) is 2. The fraction of sp³-hybridized carbons (Fsp3) is 0.412. The van der Waals surface area contributed by atoms with Crippen LogP contribution in [-0.2, 0) is 7.05 Å². The lowest BCUT2D eigenvalue weighted by Gasteiger charge is -2.26. The van der Waals surface area contributed by atoms with E-state index in [2.05, 4.69) is 35.5 Å². The molecule has 0 fully saturated rings. The van der Waals surface area contributed by atoms with Gasteiger partial charge in [0.25, 0.3) is 5.91 Å². The van der Waals surface area contributed by atoms with Gasteiger partial charge in [0, 0.05) is 17.7 Å². The minimum atomic E-state index is -0.128. The molecule has 0 bridgehead atoms. The lowest BCUT2D eigenvalue weighted by molar-refractivity contribution is 0.0931. The van der Waals surface area contributed by atoms with E-state index >= 15 is 0 Å². The molecule has 1 aromatic carbocycles. The number of hydrogen-bond acceptors (Lipinski definition) is 4. The van der Waals surface area contributed by atoms with Gasteiger partial charge >= 0.3 is 0 Å². The number of ether oxygens (including phenoxy) is 1. The minimum Gasteiger partial charge on any atom is -0.481 e. The summed E-state index contributed by atoms with van der Waals surface area (Å²) in [6.07, 6.45) is 0.925. The summed E-state index contributed by atoms with van der Waals surface area (Å²) in [6, 6.07) is 6.45. The van der Waals surface area contributed by atoms with Crippen LogP contribution in [0.1, 0.15) is 39.6 Å². The molecule has 2 aromatic rings. The summed E-state index contributed by atoms with van der Waals surface area (Å²) in [5.41, 5.74) is 3.61.